The Morgan fingerprint density at radius 1 is 1.06 bits per heavy atom. The molecule has 0 saturated carbocycles. The van der Waals surface area contributed by atoms with Gasteiger partial charge in [-0.25, -0.2) is 4.79 Å². The fourth-order valence-corrected chi connectivity index (χ4v) is 4.02. The molecule has 0 bridgehead atoms. The number of esters is 1. The first-order valence-electron chi connectivity index (χ1n) is 10.6. The van der Waals surface area contributed by atoms with E-state index >= 15 is 0 Å². The lowest BCUT2D eigenvalue weighted by atomic mass is 10.1. The third-order valence-corrected chi connectivity index (χ3v) is 5.73. The van der Waals surface area contributed by atoms with Crippen molar-refractivity contribution in [1.82, 2.24) is 4.57 Å². The van der Waals surface area contributed by atoms with Crippen molar-refractivity contribution in [1.29, 1.82) is 0 Å². The van der Waals surface area contributed by atoms with Gasteiger partial charge in [-0.1, -0.05) is 30.3 Å². The molecule has 31 heavy (non-hydrogen) atoms. The Morgan fingerprint density at radius 3 is 2.65 bits per heavy atom. The molecule has 0 amide bonds. The molecule has 0 aliphatic carbocycles. The van der Waals surface area contributed by atoms with Crippen molar-refractivity contribution >= 4 is 22.5 Å². The Labute approximate surface area is 181 Å². The van der Waals surface area contributed by atoms with Gasteiger partial charge in [0.15, 0.2) is 13.2 Å². The average Bonchev–Trinajstić information content (AvgIpc) is 3.39. The minimum Gasteiger partial charge on any atom is -0.482 e. The number of hydrogen-bond acceptors (Lipinski definition) is 5. The highest BCUT2D eigenvalue weighted by atomic mass is 16.6. The minimum atomic E-state index is -0.574. The molecule has 4 rings (SSSR count). The summed E-state index contributed by atoms with van der Waals surface area (Å²) in [7, 11) is 0. The average molecular weight is 421 g/mol. The standard InChI is InChI=1S/C25H27NO5/c1-17-12-23(18(2)26(17)14-22-8-5-11-29-22)24(27)15-31-25(28)16-30-21-10-9-19-6-3-4-7-20(19)13-21/h3-4,6-7,9-10,12-13,22H,5,8,11,14-16H2,1-2H3/t22-/m0/s1. The van der Waals surface area contributed by atoms with E-state index in [-0.39, 0.29) is 25.1 Å². The van der Waals surface area contributed by atoms with Crippen molar-refractivity contribution in [2.45, 2.75) is 39.3 Å². The lowest BCUT2D eigenvalue weighted by Crippen LogP contribution is -2.20. The van der Waals surface area contributed by atoms with E-state index in [9.17, 15) is 9.59 Å². The van der Waals surface area contributed by atoms with E-state index in [0.29, 0.717) is 11.3 Å². The number of aryl methyl sites for hydroxylation is 1. The van der Waals surface area contributed by atoms with Crippen LogP contribution in [0.4, 0.5) is 0 Å². The van der Waals surface area contributed by atoms with E-state index in [2.05, 4.69) is 4.57 Å². The van der Waals surface area contributed by atoms with Crippen LogP contribution in [0.1, 0.15) is 34.6 Å². The van der Waals surface area contributed by atoms with Crippen LogP contribution in [-0.2, 0) is 20.8 Å². The second-order valence-electron chi connectivity index (χ2n) is 7.91. The van der Waals surface area contributed by atoms with Gasteiger partial charge in [-0.2, -0.15) is 0 Å². The molecule has 1 aliphatic rings. The topological polar surface area (TPSA) is 66.8 Å². The Bertz CT molecular complexity index is 1090. The molecule has 1 saturated heterocycles. The largest absolute Gasteiger partial charge is 0.482 e. The van der Waals surface area contributed by atoms with Gasteiger partial charge in [0, 0.05) is 30.1 Å². The molecule has 1 aliphatic heterocycles. The minimum absolute atomic E-state index is 0.192. The van der Waals surface area contributed by atoms with E-state index in [1.54, 1.807) is 0 Å². The maximum atomic E-state index is 12.6. The van der Waals surface area contributed by atoms with Crippen LogP contribution in [0.3, 0.4) is 0 Å². The molecule has 1 atom stereocenters. The fourth-order valence-electron chi connectivity index (χ4n) is 4.02. The number of nitrogens with zero attached hydrogens (tertiary/aromatic N) is 1. The molecule has 162 valence electrons. The zero-order chi connectivity index (χ0) is 21.8. The Kier molecular flexibility index (Phi) is 6.37. The van der Waals surface area contributed by atoms with Gasteiger partial charge < -0.3 is 18.8 Å². The number of ketones is 1. The number of rotatable bonds is 8. The Morgan fingerprint density at radius 2 is 1.87 bits per heavy atom. The van der Waals surface area contributed by atoms with Crippen LogP contribution in [-0.4, -0.2) is 42.2 Å². The van der Waals surface area contributed by atoms with Gasteiger partial charge in [-0.05, 0) is 55.7 Å². The van der Waals surface area contributed by atoms with Crippen molar-refractivity contribution < 1.29 is 23.8 Å². The summed E-state index contributed by atoms with van der Waals surface area (Å²) in [5, 5.41) is 2.13. The van der Waals surface area contributed by atoms with Crippen LogP contribution in [0.15, 0.2) is 48.5 Å². The van der Waals surface area contributed by atoms with E-state index < -0.39 is 5.97 Å². The van der Waals surface area contributed by atoms with Crippen LogP contribution in [0, 0.1) is 13.8 Å². The number of fused-ring (bicyclic) bond motifs is 1. The summed E-state index contributed by atoms with van der Waals surface area (Å²) in [5.41, 5.74) is 2.46. The zero-order valence-electron chi connectivity index (χ0n) is 17.9. The number of carbonyl (C=O) groups is 2. The summed E-state index contributed by atoms with van der Waals surface area (Å²) in [6.07, 6.45) is 2.31. The SMILES string of the molecule is Cc1cc(C(=O)COC(=O)COc2ccc3ccccc3c2)c(C)n1C[C@@H]1CCCO1. The number of hydrogen-bond donors (Lipinski definition) is 0. The van der Waals surface area contributed by atoms with Crippen molar-refractivity contribution in [3.05, 3.63) is 65.5 Å². The molecular weight excluding hydrogens is 394 g/mol. The zero-order valence-corrected chi connectivity index (χ0v) is 17.9. The third-order valence-electron chi connectivity index (χ3n) is 5.73. The predicted molar refractivity (Wildman–Crippen MR) is 118 cm³/mol. The van der Waals surface area contributed by atoms with Crippen LogP contribution in [0.5, 0.6) is 5.75 Å². The first-order chi connectivity index (χ1) is 15.0. The van der Waals surface area contributed by atoms with Crippen molar-refractivity contribution in [2.75, 3.05) is 19.8 Å². The normalized spacial score (nSPS) is 15.9. The second kappa shape index (κ2) is 9.35. The van der Waals surface area contributed by atoms with Crippen LogP contribution >= 0.6 is 0 Å². The van der Waals surface area contributed by atoms with E-state index in [0.717, 1.165) is 48.2 Å². The number of Topliss-reactive ketones (excluding diaryl/α,β-unsaturated/α-hetero) is 1. The molecule has 0 N–H and O–H groups in total. The number of aromatic nitrogens is 1. The van der Waals surface area contributed by atoms with Crippen LogP contribution in [0.2, 0.25) is 0 Å². The monoisotopic (exact) mass is 421 g/mol. The highest BCUT2D eigenvalue weighted by Crippen LogP contribution is 2.22. The van der Waals surface area contributed by atoms with E-state index in [1.165, 1.54) is 0 Å². The summed E-state index contributed by atoms with van der Waals surface area (Å²) in [6.45, 7) is 4.88. The predicted octanol–water partition coefficient (Wildman–Crippen LogP) is 4.24. The molecule has 0 radical (unpaired) electrons. The molecule has 1 aromatic heterocycles. The van der Waals surface area contributed by atoms with Crippen molar-refractivity contribution in [3.8, 4) is 5.75 Å². The first-order valence-corrected chi connectivity index (χ1v) is 10.6. The van der Waals surface area contributed by atoms with Gasteiger partial charge in [0.05, 0.1) is 6.10 Å². The maximum Gasteiger partial charge on any atom is 0.344 e. The summed E-state index contributed by atoms with van der Waals surface area (Å²) >= 11 is 0. The molecule has 3 aromatic rings. The van der Waals surface area contributed by atoms with E-state index in [4.69, 9.17) is 14.2 Å². The maximum absolute atomic E-state index is 12.6. The fraction of sp³-hybridized carbons (Fsp3) is 0.360. The Balaban J connectivity index is 1.30. The highest BCUT2D eigenvalue weighted by molar-refractivity contribution is 5.99. The molecule has 6 heteroatoms. The second-order valence-corrected chi connectivity index (χ2v) is 7.91. The molecule has 0 unspecified atom stereocenters. The molecule has 1 fully saturated rings. The first kappa shape index (κ1) is 21.1. The van der Waals surface area contributed by atoms with E-state index in [1.807, 2.05) is 62.4 Å². The molecular formula is C25H27NO5. The number of ether oxygens (including phenoxy) is 3. The van der Waals surface area contributed by atoms with Gasteiger partial charge in [0.1, 0.15) is 5.75 Å². The van der Waals surface area contributed by atoms with Crippen LogP contribution < -0.4 is 4.74 Å². The third kappa shape index (κ3) is 4.97. The van der Waals surface area contributed by atoms with Gasteiger partial charge in [-0.3, -0.25) is 4.79 Å². The smallest absolute Gasteiger partial charge is 0.344 e. The Hall–Kier alpha value is -3.12. The summed E-state index contributed by atoms with van der Waals surface area (Å²) in [4.78, 5) is 24.7. The van der Waals surface area contributed by atoms with Gasteiger partial charge in [0.2, 0.25) is 5.78 Å². The summed E-state index contributed by atoms with van der Waals surface area (Å²) in [5.74, 6) is -0.208. The molecule has 6 nitrogen and oxygen atoms in total. The molecule has 0 spiro atoms. The summed E-state index contributed by atoms with van der Waals surface area (Å²) in [6, 6.07) is 15.4. The molecule has 2 heterocycles. The van der Waals surface area contributed by atoms with Crippen LogP contribution in [0.25, 0.3) is 10.8 Å². The van der Waals surface area contributed by atoms with Crippen molar-refractivity contribution in [3.63, 3.8) is 0 Å². The molecule has 2 aromatic carbocycles. The number of benzene rings is 2. The van der Waals surface area contributed by atoms with Crippen molar-refractivity contribution in [2.24, 2.45) is 0 Å². The van der Waals surface area contributed by atoms with Gasteiger partial charge >= 0.3 is 5.97 Å². The van der Waals surface area contributed by atoms with Gasteiger partial charge in [0.25, 0.3) is 0 Å². The number of carbonyl (C=O) groups excluding carboxylic acids is 2. The van der Waals surface area contributed by atoms with Gasteiger partial charge in [-0.15, -0.1) is 0 Å². The summed E-state index contributed by atoms with van der Waals surface area (Å²) < 4.78 is 18.5. The lowest BCUT2D eigenvalue weighted by molar-refractivity contribution is -0.144. The highest BCUT2D eigenvalue weighted by Gasteiger charge is 2.21. The lowest BCUT2D eigenvalue weighted by Gasteiger charge is -2.14. The quantitative estimate of drug-likeness (QED) is 0.402.